The number of carbonyl (C=O) groups excluding carboxylic acids is 1. The first kappa shape index (κ1) is 14.5. The highest BCUT2D eigenvalue weighted by Gasteiger charge is 2.25. The highest BCUT2D eigenvalue weighted by atomic mass is 16.5. The van der Waals surface area contributed by atoms with Crippen LogP contribution in [0.1, 0.15) is 32.3 Å². The van der Waals surface area contributed by atoms with Crippen LogP contribution in [-0.2, 0) is 10.3 Å². The van der Waals surface area contributed by atoms with E-state index in [0.29, 0.717) is 19.4 Å². The van der Waals surface area contributed by atoms with E-state index < -0.39 is 5.54 Å². The normalized spacial score (nSPS) is 11.1. The number of methoxy groups -OCH3 is 1. The molecule has 1 aromatic rings. The Bertz CT molecular complexity index is 403. The molecule has 1 amide bonds. The minimum absolute atomic E-state index is 0.0105. The molecular weight excluding hydrogens is 228 g/mol. The Balaban J connectivity index is 2.82. The summed E-state index contributed by atoms with van der Waals surface area (Å²) in [5.74, 6) is 0.790. The molecule has 4 nitrogen and oxygen atoms in total. The van der Waals surface area contributed by atoms with E-state index in [2.05, 4.69) is 5.32 Å². The lowest BCUT2D eigenvalue weighted by Gasteiger charge is -2.28. The van der Waals surface area contributed by atoms with Crippen LogP contribution in [0, 0.1) is 0 Å². The number of benzene rings is 1. The summed E-state index contributed by atoms with van der Waals surface area (Å²) in [7, 11) is 1.63. The van der Waals surface area contributed by atoms with Gasteiger partial charge in [0.15, 0.2) is 0 Å². The van der Waals surface area contributed by atoms with Crippen molar-refractivity contribution >= 4 is 5.91 Å². The third-order valence-electron chi connectivity index (χ3n) is 2.84. The van der Waals surface area contributed by atoms with E-state index in [1.807, 2.05) is 38.1 Å². The molecule has 0 aromatic heterocycles. The maximum Gasteiger partial charge on any atom is 0.220 e. The van der Waals surface area contributed by atoms with E-state index in [1.54, 1.807) is 7.11 Å². The van der Waals surface area contributed by atoms with Crippen LogP contribution in [0.5, 0.6) is 5.75 Å². The fourth-order valence-electron chi connectivity index (χ4n) is 1.90. The van der Waals surface area contributed by atoms with Crippen LogP contribution in [0.25, 0.3) is 0 Å². The first-order chi connectivity index (χ1) is 8.51. The van der Waals surface area contributed by atoms with Crippen molar-refractivity contribution in [3.8, 4) is 5.75 Å². The van der Waals surface area contributed by atoms with Gasteiger partial charge in [0.25, 0.3) is 0 Å². The molecule has 18 heavy (non-hydrogen) atoms. The number of hydrogen-bond donors (Lipinski definition) is 2. The number of amides is 1. The SMILES string of the molecule is COc1ccccc1C(C)(C)NC(=O)CCCN. The molecule has 100 valence electrons. The molecule has 0 aliphatic carbocycles. The second kappa shape index (κ2) is 6.40. The van der Waals surface area contributed by atoms with Crippen molar-refractivity contribution in [3.05, 3.63) is 29.8 Å². The minimum atomic E-state index is -0.460. The number of nitrogens with one attached hydrogen (secondary N) is 1. The van der Waals surface area contributed by atoms with E-state index >= 15 is 0 Å². The van der Waals surface area contributed by atoms with Gasteiger partial charge in [0.1, 0.15) is 5.75 Å². The maximum absolute atomic E-state index is 11.8. The zero-order valence-corrected chi connectivity index (χ0v) is 11.3. The molecule has 1 aromatic carbocycles. The van der Waals surface area contributed by atoms with Crippen molar-refractivity contribution < 1.29 is 9.53 Å². The van der Waals surface area contributed by atoms with Crippen LogP contribution in [-0.4, -0.2) is 19.6 Å². The Kier molecular flexibility index (Phi) is 5.16. The molecule has 0 saturated carbocycles. The summed E-state index contributed by atoms with van der Waals surface area (Å²) in [5, 5.41) is 3.01. The summed E-state index contributed by atoms with van der Waals surface area (Å²) < 4.78 is 5.32. The lowest BCUT2D eigenvalue weighted by molar-refractivity contribution is -0.122. The second-order valence-corrected chi connectivity index (χ2v) is 4.77. The molecule has 0 saturated heterocycles. The van der Waals surface area contributed by atoms with E-state index in [-0.39, 0.29) is 5.91 Å². The summed E-state index contributed by atoms with van der Waals surface area (Å²) in [6.07, 6.45) is 1.16. The number of rotatable bonds is 6. The summed E-state index contributed by atoms with van der Waals surface area (Å²) >= 11 is 0. The van der Waals surface area contributed by atoms with Crippen LogP contribution in [0.2, 0.25) is 0 Å². The van der Waals surface area contributed by atoms with Crippen LogP contribution < -0.4 is 15.8 Å². The van der Waals surface area contributed by atoms with Gasteiger partial charge in [-0.2, -0.15) is 0 Å². The lowest BCUT2D eigenvalue weighted by atomic mass is 9.93. The van der Waals surface area contributed by atoms with Gasteiger partial charge in [0, 0.05) is 12.0 Å². The molecule has 0 bridgehead atoms. The smallest absolute Gasteiger partial charge is 0.220 e. The predicted octanol–water partition coefficient (Wildman–Crippen LogP) is 1.79. The molecule has 0 spiro atoms. The summed E-state index contributed by atoms with van der Waals surface area (Å²) in [6, 6.07) is 7.70. The Morgan fingerprint density at radius 1 is 1.39 bits per heavy atom. The summed E-state index contributed by atoms with van der Waals surface area (Å²) in [4.78, 5) is 11.8. The molecule has 0 fully saturated rings. The second-order valence-electron chi connectivity index (χ2n) is 4.77. The number of para-hydroxylation sites is 1. The van der Waals surface area contributed by atoms with Crippen molar-refractivity contribution in [1.29, 1.82) is 0 Å². The van der Waals surface area contributed by atoms with Gasteiger partial charge >= 0.3 is 0 Å². The van der Waals surface area contributed by atoms with Crippen molar-refractivity contribution in [2.45, 2.75) is 32.2 Å². The molecule has 0 heterocycles. The van der Waals surface area contributed by atoms with E-state index in [0.717, 1.165) is 11.3 Å². The maximum atomic E-state index is 11.8. The third-order valence-corrected chi connectivity index (χ3v) is 2.84. The van der Waals surface area contributed by atoms with E-state index in [1.165, 1.54) is 0 Å². The Labute approximate surface area is 109 Å². The number of nitrogens with two attached hydrogens (primary N) is 1. The van der Waals surface area contributed by atoms with Crippen molar-refractivity contribution in [3.63, 3.8) is 0 Å². The Morgan fingerprint density at radius 3 is 2.67 bits per heavy atom. The zero-order valence-electron chi connectivity index (χ0n) is 11.3. The highest BCUT2D eigenvalue weighted by Crippen LogP contribution is 2.29. The molecular formula is C14H22N2O2. The van der Waals surface area contributed by atoms with Crippen molar-refractivity contribution in [2.24, 2.45) is 5.73 Å². The zero-order chi connectivity index (χ0) is 13.6. The number of carbonyl (C=O) groups is 1. The Morgan fingerprint density at radius 2 is 2.06 bits per heavy atom. The average molecular weight is 250 g/mol. The quantitative estimate of drug-likeness (QED) is 0.809. The predicted molar refractivity (Wildman–Crippen MR) is 72.5 cm³/mol. The fraction of sp³-hybridized carbons (Fsp3) is 0.500. The number of hydrogen-bond acceptors (Lipinski definition) is 3. The van der Waals surface area contributed by atoms with Crippen LogP contribution in [0.3, 0.4) is 0 Å². The average Bonchev–Trinajstić information content (AvgIpc) is 2.35. The molecule has 3 N–H and O–H groups in total. The van der Waals surface area contributed by atoms with Crippen LogP contribution in [0.15, 0.2) is 24.3 Å². The van der Waals surface area contributed by atoms with Crippen molar-refractivity contribution in [1.82, 2.24) is 5.32 Å². The first-order valence-electron chi connectivity index (χ1n) is 6.16. The summed E-state index contributed by atoms with van der Waals surface area (Å²) in [6.45, 7) is 4.46. The molecule has 1 rings (SSSR count). The van der Waals surface area contributed by atoms with Crippen molar-refractivity contribution in [2.75, 3.05) is 13.7 Å². The summed E-state index contributed by atoms with van der Waals surface area (Å²) in [5.41, 5.74) is 5.90. The van der Waals surface area contributed by atoms with Gasteiger partial charge < -0.3 is 15.8 Å². The topological polar surface area (TPSA) is 64.3 Å². The van der Waals surface area contributed by atoms with Crippen LogP contribution >= 0.6 is 0 Å². The first-order valence-corrected chi connectivity index (χ1v) is 6.16. The molecule has 0 atom stereocenters. The molecule has 0 unspecified atom stereocenters. The number of ether oxygens (including phenoxy) is 1. The van der Waals surface area contributed by atoms with E-state index in [4.69, 9.17) is 10.5 Å². The molecule has 0 aliphatic rings. The standard InChI is InChI=1S/C14H22N2O2/c1-14(2,16-13(17)9-6-10-15)11-7-4-5-8-12(11)18-3/h4-5,7-8H,6,9-10,15H2,1-3H3,(H,16,17). The van der Waals surface area contributed by atoms with Gasteiger partial charge in [-0.05, 0) is 32.9 Å². The minimum Gasteiger partial charge on any atom is -0.496 e. The molecule has 0 radical (unpaired) electrons. The molecule has 0 aliphatic heterocycles. The van der Waals surface area contributed by atoms with Gasteiger partial charge in [-0.25, -0.2) is 0 Å². The monoisotopic (exact) mass is 250 g/mol. The largest absolute Gasteiger partial charge is 0.496 e. The molecule has 4 heteroatoms. The van der Waals surface area contributed by atoms with Crippen LogP contribution in [0.4, 0.5) is 0 Å². The third kappa shape index (κ3) is 3.74. The fourth-order valence-corrected chi connectivity index (χ4v) is 1.90. The van der Waals surface area contributed by atoms with Gasteiger partial charge in [-0.1, -0.05) is 18.2 Å². The highest BCUT2D eigenvalue weighted by molar-refractivity contribution is 5.77. The Hall–Kier alpha value is -1.55. The lowest BCUT2D eigenvalue weighted by Crippen LogP contribution is -2.41. The van der Waals surface area contributed by atoms with Gasteiger partial charge in [-0.3, -0.25) is 4.79 Å². The van der Waals surface area contributed by atoms with Gasteiger partial charge in [-0.15, -0.1) is 0 Å². The van der Waals surface area contributed by atoms with E-state index in [9.17, 15) is 4.79 Å². The van der Waals surface area contributed by atoms with Gasteiger partial charge in [0.05, 0.1) is 12.6 Å². The van der Waals surface area contributed by atoms with Gasteiger partial charge in [0.2, 0.25) is 5.91 Å².